The van der Waals surface area contributed by atoms with Gasteiger partial charge in [0.25, 0.3) is 10.1 Å². The second-order valence-electron chi connectivity index (χ2n) is 13.9. The zero-order chi connectivity index (χ0) is 35.7. The fourth-order valence-corrected chi connectivity index (χ4v) is 8.32. The van der Waals surface area contributed by atoms with Gasteiger partial charge in [0.15, 0.2) is 12.3 Å². The molecule has 0 unspecified atom stereocenters. The molecule has 0 aliphatic carbocycles. The molecule has 0 bridgehead atoms. The molecule has 2 aliphatic heterocycles. The minimum absolute atomic E-state index is 0.153. The average molecular weight is 675 g/mol. The topological polar surface area (TPSA) is 77.7 Å². The Morgan fingerprint density at radius 1 is 0.796 bits per heavy atom. The third-order valence-electron chi connectivity index (χ3n) is 9.93. The molecule has 0 saturated heterocycles. The average Bonchev–Trinajstić information content (AvgIpc) is 3.43. The van der Waals surface area contributed by atoms with Crippen molar-refractivity contribution < 1.29 is 23.7 Å². The number of allylic oxidation sites excluding steroid dienone is 8. The van der Waals surface area contributed by atoms with Gasteiger partial charge in [-0.3, -0.25) is 4.55 Å². The van der Waals surface area contributed by atoms with E-state index in [0.29, 0.717) is 25.9 Å². The summed E-state index contributed by atoms with van der Waals surface area (Å²) < 4.78 is 41.7. The van der Waals surface area contributed by atoms with Crippen LogP contribution in [0, 0.1) is 0 Å². The SMILES string of the molecule is [2H]C(=O)CC[N+]1=C(/C=C/C=C/C=C/C=C2/N(CCCCS(=O)(=O)O)c3ccc4ccccc4c3C2(C)C)C(C)(C)c2c1ccc1ccccc21. The minimum atomic E-state index is -4.00. The Balaban J connectivity index is 1.26. The maximum atomic E-state index is 11.7. The first-order valence-electron chi connectivity index (χ1n) is 17.4. The van der Waals surface area contributed by atoms with E-state index in [1.807, 2.05) is 42.5 Å². The molecule has 0 spiro atoms. The summed E-state index contributed by atoms with van der Waals surface area (Å²) in [7, 11) is -4.00. The van der Waals surface area contributed by atoms with Crippen LogP contribution in [-0.4, -0.2) is 48.4 Å². The molecule has 7 heteroatoms. The highest BCUT2D eigenvalue weighted by Gasteiger charge is 2.45. The summed E-state index contributed by atoms with van der Waals surface area (Å²) in [6.45, 7) is 9.99. The molecule has 6 nitrogen and oxygen atoms in total. The van der Waals surface area contributed by atoms with E-state index < -0.39 is 16.4 Å². The smallest absolute Gasteiger partial charge is 0.264 e. The molecule has 6 rings (SSSR count). The standard InChI is InChI=1S/C42H44N2O4S/c1-41(2)37(43(27-14-15-30-49(46,47)48)35-25-23-31-17-10-12-19-33(31)39(35)41)21-8-6-5-7-9-22-38-42(3,4)40-34-20-13-11-18-32(34)24-26-36(40)44(38)28-16-29-45/h5-13,17-26,29H,14-16,27-28,30H2,1-4H3/p+1/i29D. The van der Waals surface area contributed by atoms with Crippen molar-refractivity contribution in [3.8, 4) is 0 Å². The zero-order valence-corrected chi connectivity index (χ0v) is 29.5. The summed E-state index contributed by atoms with van der Waals surface area (Å²) >= 11 is 0. The molecule has 0 atom stereocenters. The van der Waals surface area contributed by atoms with Gasteiger partial charge in [0.1, 0.15) is 7.63 Å². The number of hydrogen-bond acceptors (Lipinski definition) is 4. The van der Waals surface area contributed by atoms with Crippen molar-refractivity contribution in [2.24, 2.45) is 0 Å². The predicted octanol–water partition coefficient (Wildman–Crippen LogP) is 8.98. The summed E-state index contributed by atoms with van der Waals surface area (Å²) in [6.07, 6.45) is 14.9. The van der Waals surface area contributed by atoms with Crippen LogP contribution >= 0.6 is 0 Å². The molecular weight excluding hydrogens is 629 g/mol. The maximum Gasteiger partial charge on any atom is 0.264 e. The van der Waals surface area contributed by atoms with Crippen LogP contribution in [0.5, 0.6) is 0 Å². The first-order chi connectivity index (χ1) is 23.8. The van der Waals surface area contributed by atoms with Crippen LogP contribution in [0.25, 0.3) is 21.5 Å². The van der Waals surface area contributed by atoms with Gasteiger partial charge in [-0.05, 0) is 72.0 Å². The highest BCUT2D eigenvalue weighted by Crippen LogP contribution is 2.51. The lowest BCUT2D eigenvalue weighted by molar-refractivity contribution is -0.435. The quantitative estimate of drug-likeness (QED) is 0.0534. The Kier molecular flexibility index (Phi) is 9.23. The summed E-state index contributed by atoms with van der Waals surface area (Å²) in [5.41, 5.74) is 6.32. The highest BCUT2D eigenvalue weighted by molar-refractivity contribution is 7.85. The van der Waals surface area contributed by atoms with Crippen LogP contribution in [-0.2, 0) is 25.7 Å². The Morgan fingerprint density at radius 2 is 1.43 bits per heavy atom. The van der Waals surface area contributed by atoms with Gasteiger partial charge in [-0.1, -0.05) is 98.8 Å². The minimum Gasteiger partial charge on any atom is -0.344 e. The Hall–Kier alpha value is -4.59. The third-order valence-corrected chi connectivity index (χ3v) is 10.7. The molecule has 2 aliphatic rings. The number of carbonyl (C=O) groups is 1. The van der Waals surface area contributed by atoms with Gasteiger partial charge in [-0.25, -0.2) is 0 Å². The summed E-state index contributed by atoms with van der Waals surface area (Å²) in [5.74, 6) is -0.245. The fourth-order valence-electron chi connectivity index (χ4n) is 7.75. The first-order valence-corrected chi connectivity index (χ1v) is 18.6. The maximum absolute atomic E-state index is 11.7. The monoisotopic (exact) mass is 674 g/mol. The predicted molar refractivity (Wildman–Crippen MR) is 203 cm³/mol. The van der Waals surface area contributed by atoms with Crippen LogP contribution in [0.3, 0.4) is 0 Å². The van der Waals surface area contributed by atoms with E-state index in [4.69, 9.17) is 1.37 Å². The van der Waals surface area contributed by atoms with Crippen molar-refractivity contribution in [2.45, 2.75) is 57.8 Å². The van der Waals surface area contributed by atoms with Crippen molar-refractivity contribution in [1.82, 2.24) is 0 Å². The van der Waals surface area contributed by atoms with E-state index in [0.717, 1.165) is 22.8 Å². The Morgan fingerprint density at radius 3 is 2.12 bits per heavy atom. The molecule has 0 saturated carbocycles. The molecule has 0 fully saturated rings. The molecule has 0 radical (unpaired) electrons. The van der Waals surface area contributed by atoms with E-state index >= 15 is 0 Å². The van der Waals surface area contributed by atoms with E-state index in [1.165, 1.54) is 32.7 Å². The first kappa shape index (κ1) is 32.9. The number of rotatable bonds is 12. The molecule has 1 N–H and O–H groups in total. The van der Waals surface area contributed by atoms with E-state index in [1.54, 1.807) is 0 Å². The van der Waals surface area contributed by atoms with E-state index in [9.17, 15) is 17.8 Å². The number of aldehydes is 1. The van der Waals surface area contributed by atoms with Crippen molar-refractivity contribution in [3.63, 3.8) is 0 Å². The highest BCUT2D eigenvalue weighted by atomic mass is 32.2. The fraction of sp³-hybridized carbons (Fsp3) is 0.286. The van der Waals surface area contributed by atoms with Gasteiger partial charge in [-0.15, -0.1) is 0 Å². The largest absolute Gasteiger partial charge is 0.344 e. The van der Waals surface area contributed by atoms with Crippen molar-refractivity contribution in [3.05, 3.63) is 132 Å². The van der Waals surface area contributed by atoms with Crippen molar-refractivity contribution >= 4 is 55.0 Å². The molecule has 2 heterocycles. The van der Waals surface area contributed by atoms with Gasteiger partial charge in [-0.2, -0.15) is 13.0 Å². The van der Waals surface area contributed by atoms with Gasteiger partial charge < -0.3 is 9.69 Å². The summed E-state index contributed by atoms with van der Waals surface area (Å²) in [4.78, 5) is 14.0. The normalized spacial score (nSPS) is 18.1. The molecule has 4 aromatic carbocycles. The molecule has 252 valence electrons. The third kappa shape index (κ3) is 6.70. The van der Waals surface area contributed by atoms with Gasteiger partial charge in [0.2, 0.25) is 5.69 Å². The summed E-state index contributed by atoms with van der Waals surface area (Å²) in [6, 6.07) is 25.3. The lowest BCUT2D eigenvalue weighted by Gasteiger charge is -2.27. The number of anilines is 1. The van der Waals surface area contributed by atoms with E-state index in [-0.39, 0.29) is 23.0 Å². The lowest BCUT2D eigenvalue weighted by atomic mass is 9.79. The second kappa shape index (κ2) is 13.7. The number of hydrogen-bond donors (Lipinski definition) is 1. The van der Waals surface area contributed by atoms with Crippen LogP contribution in [0.1, 0.15) is 59.5 Å². The molecule has 49 heavy (non-hydrogen) atoms. The number of unbranched alkanes of at least 4 members (excludes halogenated alkanes) is 1. The number of fused-ring (bicyclic) bond motifs is 6. The van der Waals surface area contributed by atoms with Crippen molar-refractivity contribution in [2.75, 3.05) is 23.7 Å². The van der Waals surface area contributed by atoms with Crippen LogP contribution in [0.15, 0.2) is 121 Å². The summed E-state index contributed by atoms with van der Waals surface area (Å²) in [5, 5.41) is 4.77. The van der Waals surface area contributed by atoms with Gasteiger partial charge >= 0.3 is 0 Å². The Bertz CT molecular complexity index is 2240. The van der Waals surface area contributed by atoms with Crippen LogP contribution in [0.4, 0.5) is 11.4 Å². The lowest BCUT2D eigenvalue weighted by Crippen LogP contribution is -2.28. The Labute approximate surface area is 291 Å². The van der Waals surface area contributed by atoms with Gasteiger partial charge in [0, 0.05) is 41.1 Å². The number of carbonyl (C=O) groups excluding carboxylic acids is 1. The number of nitrogens with zero attached hydrogens (tertiary/aromatic N) is 2. The molecule has 4 aromatic rings. The van der Waals surface area contributed by atoms with Crippen LogP contribution < -0.4 is 4.90 Å². The second-order valence-corrected chi connectivity index (χ2v) is 15.4. The van der Waals surface area contributed by atoms with Crippen LogP contribution in [0.2, 0.25) is 0 Å². The van der Waals surface area contributed by atoms with E-state index in [2.05, 4.69) is 110 Å². The number of benzene rings is 4. The molecule has 0 amide bonds. The van der Waals surface area contributed by atoms with Gasteiger partial charge in [0.05, 0.1) is 17.6 Å². The molecular formula is C42H45N2O4S+. The molecule has 0 aromatic heterocycles. The zero-order valence-electron chi connectivity index (χ0n) is 29.7. The van der Waals surface area contributed by atoms with Crippen molar-refractivity contribution in [1.29, 1.82) is 0 Å².